The lowest BCUT2D eigenvalue weighted by molar-refractivity contribution is 0.214. The zero-order valence-corrected chi connectivity index (χ0v) is 24.7. The Morgan fingerprint density at radius 1 is 0.721 bits per heavy atom. The van der Waals surface area contributed by atoms with Gasteiger partial charge in [0, 0.05) is 59.8 Å². The molecule has 0 aliphatic carbocycles. The topological polar surface area (TPSA) is 115 Å². The Morgan fingerprint density at radius 3 is 1.88 bits per heavy atom. The van der Waals surface area contributed by atoms with E-state index in [4.69, 9.17) is 0 Å². The Morgan fingerprint density at radius 2 is 1.28 bits per heavy atom. The van der Waals surface area contributed by atoms with Gasteiger partial charge < -0.3 is 29.9 Å². The van der Waals surface area contributed by atoms with Gasteiger partial charge in [-0.2, -0.15) is 0 Å². The molecule has 224 valence electrons. The van der Waals surface area contributed by atoms with Crippen molar-refractivity contribution >= 4 is 21.8 Å². The Balaban J connectivity index is 1.40. The predicted octanol–water partition coefficient (Wildman–Crippen LogP) is 7.42. The summed E-state index contributed by atoms with van der Waals surface area (Å²) in [6.07, 6.45) is 16.2. The minimum absolute atomic E-state index is 0.252. The lowest BCUT2D eigenvalue weighted by Gasteiger charge is -2.27. The van der Waals surface area contributed by atoms with E-state index >= 15 is 0 Å². The fourth-order valence-corrected chi connectivity index (χ4v) is 6.60. The first-order chi connectivity index (χ1) is 20.9. The number of benzene rings is 2. The van der Waals surface area contributed by atoms with Crippen LogP contribution in [0.5, 0.6) is 23.0 Å². The monoisotopic (exact) mass is 580 g/mol. The second-order valence-corrected chi connectivity index (χ2v) is 12.0. The molecule has 5 aromatic rings. The van der Waals surface area contributed by atoms with Crippen LogP contribution in [-0.2, 0) is 6.54 Å². The van der Waals surface area contributed by atoms with Crippen LogP contribution in [0.2, 0.25) is 0 Å². The van der Waals surface area contributed by atoms with Crippen LogP contribution in [0, 0.1) is 5.92 Å². The van der Waals surface area contributed by atoms with E-state index in [1.807, 2.05) is 12.1 Å². The van der Waals surface area contributed by atoms with Crippen LogP contribution in [-0.4, -0.2) is 59.5 Å². The third kappa shape index (κ3) is 5.97. The minimum Gasteiger partial charge on any atom is -0.504 e. The number of phenolic OH excluding ortho intramolecular Hbond substituents is 4. The summed E-state index contributed by atoms with van der Waals surface area (Å²) in [6.45, 7) is 6.46. The third-order valence-electron chi connectivity index (χ3n) is 8.78. The average Bonchev–Trinajstić information content (AvgIpc) is 3.43. The highest BCUT2D eigenvalue weighted by atomic mass is 16.3. The number of aryl methyl sites for hydroxylation is 1. The first-order valence-electron chi connectivity index (χ1n) is 15.4. The van der Waals surface area contributed by atoms with Crippen molar-refractivity contribution in [2.75, 3.05) is 19.6 Å². The van der Waals surface area contributed by atoms with E-state index < -0.39 is 0 Å². The number of nitrogens with zero attached hydrogens (tertiary/aromatic N) is 4. The van der Waals surface area contributed by atoms with Crippen LogP contribution >= 0.6 is 0 Å². The Labute approximate surface area is 251 Å². The normalized spacial score (nSPS) is 17.0. The largest absolute Gasteiger partial charge is 0.504 e. The fourth-order valence-electron chi connectivity index (χ4n) is 6.60. The van der Waals surface area contributed by atoms with Crippen molar-refractivity contribution in [3.63, 3.8) is 0 Å². The van der Waals surface area contributed by atoms with Crippen LogP contribution in [0.25, 0.3) is 44.1 Å². The van der Waals surface area contributed by atoms with Crippen LogP contribution in [0.15, 0.2) is 61.2 Å². The zero-order chi connectivity index (χ0) is 29.9. The van der Waals surface area contributed by atoms with Gasteiger partial charge in [0.15, 0.2) is 23.0 Å². The highest BCUT2D eigenvalue weighted by Crippen LogP contribution is 2.46. The summed E-state index contributed by atoms with van der Waals surface area (Å²) in [4.78, 5) is 11.3. The van der Waals surface area contributed by atoms with Gasteiger partial charge in [-0.15, -0.1) is 0 Å². The van der Waals surface area contributed by atoms with Crippen molar-refractivity contribution in [2.45, 2.75) is 58.4 Å². The molecule has 0 radical (unpaired) electrons. The molecule has 0 saturated carbocycles. The van der Waals surface area contributed by atoms with Crippen LogP contribution < -0.4 is 0 Å². The van der Waals surface area contributed by atoms with E-state index in [0.717, 1.165) is 43.7 Å². The average molecular weight is 581 g/mol. The van der Waals surface area contributed by atoms with Gasteiger partial charge in [0.05, 0.1) is 0 Å². The van der Waals surface area contributed by atoms with Gasteiger partial charge >= 0.3 is 0 Å². The lowest BCUT2D eigenvalue weighted by atomic mass is 9.93. The minimum atomic E-state index is -0.258. The lowest BCUT2D eigenvalue weighted by Crippen LogP contribution is -2.31. The number of pyridine rings is 2. The fraction of sp³-hybridized carbons (Fsp3) is 0.371. The number of fused-ring (bicyclic) bond motifs is 2. The van der Waals surface area contributed by atoms with E-state index in [-0.39, 0.29) is 23.0 Å². The van der Waals surface area contributed by atoms with Gasteiger partial charge in [-0.05, 0) is 73.7 Å². The van der Waals surface area contributed by atoms with Crippen LogP contribution in [0.1, 0.15) is 51.9 Å². The molecule has 0 amide bonds. The second-order valence-electron chi connectivity index (χ2n) is 12.0. The van der Waals surface area contributed by atoms with Gasteiger partial charge in [0.25, 0.3) is 0 Å². The Hall–Kier alpha value is -4.30. The molecule has 8 heteroatoms. The summed E-state index contributed by atoms with van der Waals surface area (Å²) in [5.74, 6) is -0.315. The van der Waals surface area contributed by atoms with Crippen molar-refractivity contribution in [1.29, 1.82) is 0 Å². The number of hydrogen-bond donors (Lipinski definition) is 4. The smallest absolute Gasteiger partial charge is 0.184 e. The molecule has 4 N–H and O–H groups in total. The Bertz CT molecular complexity index is 1640. The van der Waals surface area contributed by atoms with E-state index in [2.05, 4.69) is 38.8 Å². The standard InChI is InChI=1S/C35H40N4O4/c1-23-10-5-3-2-4-6-15-38(20-23)16-9-17-39-21-28(26-18-30(40)34(42)32-24(26)11-7-13-36-32)29(22-39)27-19-31(41)35(43)33-25(27)12-8-14-37-33/h7-8,11-14,18-19,21-23,40-43H,2-6,9-10,15-17,20H2,1H3. The first kappa shape index (κ1) is 28.8. The van der Waals surface area contributed by atoms with Crippen molar-refractivity contribution in [3.05, 3.63) is 61.2 Å². The van der Waals surface area contributed by atoms with Crippen LogP contribution in [0.3, 0.4) is 0 Å². The molecule has 8 nitrogen and oxygen atoms in total. The van der Waals surface area contributed by atoms with Gasteiger partial charge in [0.2, 0.25) is 0 Å². The second kappa shape index (κ2) is 12.5. The number of aromatic hydroxyl groups is 4. The highest BCUT2D eigenvalue weighted by Gasteiger charge is 2.22. The maximum Gasteiger partial charge on any atom is 0.184 e. The first-order valence-corrected chi connectivity index (χ1v) is 15.4. The molecule has 1 fully saturated rings. The van der Waals surface area contributed by atoms with E-state index in [9.17, 15) is 20.4 Å². The SMILES string of the molecule is CC1CCCCCCCN(CCCn2cc(-c3cc(O)c(O)c4ncccc34)c(-c3cc(O)c(O)c4ncccc34)c2)C1. The van der Waals surface area contributed by atoms with Gasteiger partial charge in [0.1, 0.15) is 11.0 Å². The quantitative estimate of drug-likeness (QED) is 0.155. The van der Waals surface area contributed by atoms with Gasteiger partial charge in [-0.25, -0.2) is 0 Å². The van der Waals surface area contributed by atoms with E-state index in [1.165, 1.54) is 38.5 Å². The molecule has 3 aromatic heterocycles. The summed E-state index contributed by atoms with van der Waals surface area (Å²) >= 11 is 0. The number of hydrogen-bond acceptors (Lipinski definition) is 7. The summed E-state index contributed by atoms with van der Waals surface area (Å²) in [7, 11) is 0. The van der Waals surface area contributed by atoms with Crippen molar-refractivity contribution in [2.24, 2.45) is 5.92 Å². The van der Waals surface area contributed by atoms with Crippen molar-refractivity contribution in [1.82, 2.24) is 19.4 Å². The Kier molecular flexibility index (Phi) is 8.38. The molecule has 1 atom stereocenters. The zero-order valence-electron chi connectivity index (χ0n) is 24.7. The number of rotatable bonds is 6. The summed E-state index contributed by atoms with van der Waals surface area (Å²) in [5, 5.41) is 43.9. The summed E-state index contributed by atoms with van der Waals surface area (Å²) in [5.41, 5.74) is 3.68. The van der Waals surface area contributed by atoms with Crippen molar-refractivity contribution < 1.29 is 20.4 Å². The molecule has 2 aromatic carbocycles. The van der Waals surface area contributed by atoms with Crippen molar-refractivity contribution in [3.8, 4) is 45.3 Å². The molecular weight excluding hydrogens is 540 g/mol. The van der Waals surface area contributed by atoms with Gasteiger partial charge in [-0.1, -0.05) is 44.7 Å². The molecular formula is C35H40N4O4. The predicted molar refractivity (Wildman–Crippen MR) is 170 cm³/mol. The van der Waals surface area contributed by atoms with E-state index in [0.29, 0.717) is 38.9 Å². The molecule has 6 rings (SSSR count). The molecule has 43 heavy (non-hydrogen) atoms. The summed E-state index contributed by atoms with van der Waals surface area (Å²) < 4.78 is 2.16. The number of phenols is 4. The molecule has 4 heterocycles. The number of aromatic nitrogens is 3. The van der Waals surface area contributed by atoms with Crippen LogP contribution in [0.4, 0.5) is 0 Å². The van der Waals surface area contributed by atoms with E-state index in [1.54, 1.807) is 36.7 Å². The molecule has 1 saturated heterocycles. The molecule has 0 spiro atoms. The maximum atomic E-state index is 10.7. The highest BCUT2D eigenvalue weighted by molar-refractivity contribution is 6.07. The summed E-state index contributed by atoms with van der Waals surface area (Å²) in [6, 6.07) is 10.5. The molecule has 1 aliphatic rings. The molecule has 0 bridgehead atoms. The maximum absolute atomic E-state index is 10.7. The van der Waals surface area contributed by atoms with Gasteiger partial charge in [-0.3, -0.25) is 9.97 Å². The molecule has 1 unspecified atom stereocenters. The third-order valence-corrected chi connectivity index (χ3v) is 8.78. The molecule has 1 aliphatic heterocycles.